The molecule has 6 rings (SSSR count). The molecule has 3 heterocycles. The lowest BCUT2D eigenvalue weighted by Gasteiger charge is -2.10. The van der Waals surface area contributed by atoms with Crippen molar-refractivity contribution in [3.63, 3.8) is 0 Å². The molecule has 0 aliphatic rings. The maximum Gasteiger partial charge on any atom is 0.354 e. The lowest BCUT2D eigenvalue weighted by atomic mass is 10.1. The van der Waals surface area contributed by atoms with E-state index in [4.69, 9.17) is 11.6 Å². The van der Waals surface area contributed by atoms with E-state index in [0.717, 1.165) is 20.2 Å². The summed E-state index contributed by atoms with van der Waals surface area (Å²) in [5.41, 5.74) is 1.30. The van der Waals surface area contributed by atoms with Crippen molar-refractivity contribution in [3.8, 4) is 16.8 Å². The van der Waals surface area contributed by atoms with Crippen LogP contribution in [-0.4, -0.2) is 25.2 Å². The molecule has 10 heteroatoms. The van der Waals surface area contributed by atoms with Crippen molar-refractivity contribution < 1.29 is 9.90 Å². The highest BCUT2D eigenvalue weighted by molar-refractivity contribution is 9.10. The Morgan fingerprint density at radius 3 is 2.47 bits per heavy atom. The van der Waals surface area contributed by atoms with E-state index < -0.39 is 17.2 Å². The minimum Gasteiger partial charge on any atom is -0.477 e. The highest BCUT2D eigenvalue weighted by Crippen LogP contribution is 2.34. The molecule has 38 heavy (non-hydrogen) atoms. The number of carboxylic acid groups (broad SMARTS) is 1. The Balaban J connectivity index is 1.70. The molecule has 0 radical (unpaired) electrons. The van der Waals surface area contributed by atoms with Crippen molar-refractivity contribution in [2.45, 2.75) is 6.54 Å². The molecule has 0 atom stereocenters. The van der Waals surface area contributed by atoms with Gasteiger partial charge in [0.05, 0.1) is 16.6 Å². The average molecular weight is 607 g/mol. The Morgan fingerprint density at radius 1 is 1.03 bits per heavy atom. The van der Waals surface area contributed by atoms with Crippen molar-refractivity contribution in [1.29, 1.82) is 0 Å². The minimum absolute atomic E-state index is 0.0213. The number of nitrogens with one attached hydrogen (secondary N) is 1. The first kappa shape index (κ1) is 24.4. The van der Waals surface area contributed by atoms with E-state index in [0.29, 0.717) is 31.7 Å². The van der Waals surface area contributed by atoms with E-state index in [2.05, 4.69) is 20.9 Å². The Labute approximate surface area is 232 Å². The predicted molar refractivity (Wildman–Crippen MR) is 154 cm³/mol. The summed E-state index contributed by atoms with van der Waals surface area (Å²) in [6.45, 7) is 0.220. The molecule has 2 N–H and O–H groups in total. The standard InChI is InChI=1S/C28H17BrClN3O4S/c29-17-8-6-16(7-9-17)20-14-38-25-22(20)26(34)33(28(37)31-25)23-19-12-18(30)10-11-21(19)32(24(23)27(35)36)13-15-4-2-1-3-5-15/h1-12,14H,13H2,(H,31,37)(H,35,36). The van der Waals surface area contributed by atoms with E-state index in [-0.39, 0.29) is 17.9 Å². The molecule has 0 amide bonds. The first-order valence-electron chi connectivity index (χ1n) is 11.5. The van der Waals surface area contributed by atoms with Crippen LogP contribution in [0.1, 0.15) is 16.1 Å². The highest BCUT2D eigenvalue weighted by Gasteiger charge is 2.28. The molecule has 3 aromatic carbocycles. The number of aromatic nitrogens is 3. The number of thiophene rings is 1. The highest BCUT2D eigenvalue weighted by atomic mass is 79.9. The molecule has 0 spiro atoms. The topological polar surface area (TPSA) is 97.1 Å². The normalized spacial score (nSPS) is 11.4. The second kappa shape index (κ2) is 9.43. The zero-order valence-corrected chi connectivity index (χ0v) is 22.6. The van der Waals surface area contributed by atoms with Gasteiger partial charge in [-0.3, -0.25) is 9.78 Å². The van der Waals surface area contributed by atoms with Crippen molar-refractivity contribution in [1.82, 2.24) is 14.1 Å². The average Bonchev–Trinajstić information content (AvgIpc) is 3.45. The Bertz CT molecular complexity index is 1990. The number of aromatic amines is 1. The molecule has 0 aliphatic carbocycles. The number of carbonyl (C=O) groups is 1. The number of benzene rings is 3. The number of hydrogen-bond donors (Lipinski definition) is 2. The van der Waals surface area contributed by atoms with Gasteiger partial charge in [-0.25, -0.2) is 14.2 Å². The fraction of sp³-hybridized carbons (Fsp3) is 0.0357. The number of aromatic carboxylic acids is 1. The largest absolute Gasteiger partial charge is 0.477 e. The molecule has 0 aliphatic heterocycles. The van der Waals surface area contributed by atoms with Gasteiger partial charge < -0.3 is 9.67 Å². The number of H-pyrrole nitrogens is 1. The SMILES string of the molecule is O=C(O)c1c(-n2c(=O)[nH]c3scc(-c4ccc(Br)cc4)c3c2=O)c2cc(Cl)ccc2n1Cc1ccccc1. The fourth-order valence-electron chi connectivity index (χ4n) is 4.75. The van der Waals surface area contributed by atoms with Crippen LogP contribution >= 0.6 is 38.9 Å². The van der Waals surface area contributed by atoms with Crippen LogP contribution in [0.25, 0.3) is 37.9 Å². The molecular weight excluding hydrogens is 590 g/mol. The first-order chi connectivity index (χ1) is 18.3. The van der Waals surface area contributed by atoms with Gasteiger partial charge in [0.2, 0.25) is 0 Å². The molecule has 188 valence electrons. The van der Waals surface area contributed by atoms with E-state index >= 15 is 0 Å². The molecule has 6 aromatic rings. The second-order valence-electron chi connectivity index (χ2n) is 8.67. The maximum atomic E-state index is 14.0. The Morgan fingerprint density at radius 2 is 1.76 bits per heavy atom. The molecule has 3 aromatic heterocycles. The monoisotopic (exact) mass is 605 g/mol. The zero-order chi connectivity index (χ0) is 26.6. The van der Waals surface area contributed by atoms with Crippen molar-refractivity contribution in [2.24, 2.45) is 0 Å². The maximum absolute atomic E-state index is 14.0. The molecule has 0 unspecified atom stereocenters. The summed E-state index contributed by atoms with van der Waals surface area (Å²) in [4.78, 5) is 43.4. The molecule has 7 nitrogen and oxygen atoms in total. The van der Waals surface area contributed by atoms with E-state index in [1.807, 2.05) is 60.0 Å². The smallest absolute Gasteiger partial charge is 0.354 e. The van der Waals surface area contributed by atoms with Gasteiger partial charge in [-0.05, 0) is 41.5 Å². The molecule has 0 saturated carbocycles. The van der Waals surface area contributed by atoms with E-state index in [9.17, 15) is 19.5 Å². The number of halogens is 2. The van der Waals surface area contributed by atoms with Gasteiger partial charge in [-0.1, -0.05) is 70.0 Å². The van der Waals surface area contributed by atoms with E-state index in [1.165, 1.54) is 11.3 Å². The van der Waals surface area contributed by atoms with Gasteiger partial charge in [-0.2, -0.15) is 0 Å². The van der Waals surface area contributed by atoms with Gasteiger partial charge in [0.25, 0.3) is 5.56 Å². The zero-order valence-electron chi connectivity index (χ0n) is 19.4. The van der Waals surface area contributed by atoms with Gasteiger partial charge in [-0.15, -0.1) is 11.3 Å². The Kier molecular flexibility index (Phi) is 6.06. The summed E-state index contributed by atoms with van der Waals surface area (Å²) in [5.74, 6) is -1.27. The van der Waals surface area contributed by atoms with Crippen LogP contribution in [0.15, 0.2) is 92.2 Å². The van der Waals surface area contributed by atoms with Crippen LogP contribution in [0, 0.1) is 0 Å². The van der Waals surface area contributed by atoms with Crippen LogP contribution < -0.4 is 11.2 Å². The number of hydrogen-bond acceptors (Lipinski definition) is 4. The molecule has 0 fully saturated rings. The third-order valence-corrected chi connectivity index (χ3v) is 8.05. The van der Waals surface area contributed by atoms with Crippen LogP contribution in [0.5, 0.6) is 0 Å². The lowest BCUT2D eigenvalue weighted by Crippen LogP contribution is -2.34. The Hall–Kier alpha value is -3.92. The number of nitrogens with zero attached hydrogens (tertiary/aromatic N) is 2. The summed E-state index contributed by atoms with van der Waals surface area (Å²) in [6.07, 6.45) is 0. The quantitative estimate of drug-likeness (QED) is 0.233. The molecular formula is C28H17BrClN3O4S. The van der Waals surface area contributed by atoms with Gasteiger partial charge in [0.15, 0.2) is 5.69 Å². The van der Waals surface area contributed by atoms with Crippen LogP contribution in [-0.2, 0) is 6.54 Å². The lowest BCUT2D eigenvalue weighted by molar-refractivity contribution is 0.0686. The third-order valence-electron chi connectivity index (χ3n) is 6.40. The second-order valence-corrected chi connectivity index (χ2v) is 10.9. The van der Waals surface area contributed by atoms with E-state index in [1.54, 1.807) is 22.8 Å². The van der Waals surface area contributed by atoms with Crippen molar-refractivity contribution in [3.05, 3.63) is 120 Å². The van der Waals surface area contributed by atoms with Gasteiger partial charge in [0, 0.05) is 32.4 Å². The van der Waals surface area contributed by atoms with Crippen LogP contribution in [0.3, 0.4) is 0 Å². The summed E-state index contributed by atoms with van der Waals surface area (Å²) in [7, 11) is 0. The fourth-order valence-corrected chi connectivity index (χ4v) is 6.13. The van der Waals surface area contributed by atoms with Crippen molar-refractivity contribution >= 4 is 66.0 Å². The van der Waals surface area contributed by atoms with Gasteiger partial charge >= 0.3 is 11.7 Å². The summed E-state index contributed by atoms with van der Waals surface area (Å²) >= 11 is 11.0. The summed E-state index contributed by atoms with van der Waals surface area (Å²) in [5, 5.41) is 13.2. The summed E-state index contributed by atoms with van der Waals surface area (Å²) < 4.78 is 3.40. The molecule has 0 saturated heterocycles. The number of fused-ring (bicyclic) bond motifs is 2. The van der Waals surface area contributed by atoms with Crippen molar-refractivity contribution in [2.75, 3.05) is 0 Å². The van der Waals surface area contributed by atoms with Crippen LogP contribution in [0.2, 0.25) is 5.02 Å². The number of rotatable bonds is 5. The molecule has 0 bridgehead atoms. The third kappa shape index (κ3) is 3.99. The number of carboxylic acids is 1. The van der Waals surface area contributed by atoms with Crippen LogP contribution in [0.4, 0.5) is 0 Å². The first-order valence-corrected chi connectivity index (χ1v) is 13.5. The predicted octanol–water partition coefficient (Wildman–Crippen LogP) is 6.52. The van der Waals surface area contributed by atoms with Gasteiger partial charge in [0.1, 0.15) is 4.83 Å². The minimum atomic E-state index is -1.27. The summed E-state index contributed by atoms with van der Waals surface area (Å²) in [6, 6.07) is 21.8.